The van der Waals surface area contributed by atoms with Crippen molar-refractivity contribution >= 4 is 40.1 Å². The number of nitrogens with two attached hydrogens (primary N) is 1. The Labute approximate surface area is 212 Å². The molecule has 3 aromatic rings. The summed E-state index contributed by atoms with van der Waals surface area (Å²) in [6.07, 6.45) is 1.08. The fourth-order valence-corrected chi connectivity index (χ4v) is 6.16. The molecule has 1 aliphatic carbocycles. The number of rotatable bonds is 6. The standard InChI is InChI=1S/C25H30N6O4S/c1-13-3-4-16-15(7-13)10-20(27-16)22(32)28-18-8-14(12-35-25(26)34)9-19(18)29-23(33)24-30-17-5-6-31(2)11-21(17)36-24/h3-4,7,10,14,18-19,27H,5-6,8-9,11-12H2,1-2H3,(H2,26,34)(H,28,32)(H,29,33)/t14?,18-,19-/m1/s1. The largest absolute Gasteiger partial charge is 0.449 e. The highest BCUT2D eigenvalue weighted by atomic mass is 32.1. The number of carbonyl (C=O) groups is 3. The number of H-pyrrole nitrogens is 1. The minimum absolute atomic E-state index is 0.0448. The van der Waals surface area contributed by atoms with Crippen molar-refractivity contribution in [2.75, 3.05) is 20.2 Å². The van der Waals surface area contributed by atoms with Gasteiger partial charge in [-0.2, -0.15) is 0 Å². The molecule has 5 rings (SSSR count). The average Bonchev–Trinajstić information content (AvgIpc) is 3.54. The number of likely N-dealkylation sites (N-methyl/N-ethyl adjacent to an activating group) is 1. The highest BCUT2D eigenvalue weighted by Gasteiger charge is 2.38. The van der Waals surface area contributed by atoms with E-state index in [1.807, 2.05) is 31.2 Å². The van der Waals surface area contributed by atoms with E-state index in [9.17, 15) is 14.4 Å². The Morgan fingerprint density at radius 2 is 1.94 bits per heavy atom. The lowest BCUT2D eigenvalue weighted by atomic mass is 10.1. The van der Waals surface area contributed by atoms with Crippen molar-refractivity contribution in [3.63, 3.8) is 0 Å². The van der Waals surface area contributed by atoms with E-state index in [0.717, 1.165) is 46.5 Å². The van der Waals surface area contributed by atoms with Crippen molar-refractivity contribution in [2.24, 2.45) is 11.7 Å². The van der Waals surface area contributed by atoms with Gasteiger partial charge < -0.3 is 31.0 Å². The first-order valence-electron chi connectivity index (χ1n) is 12.1. The third kappa shape index (κ3) is 5.21. The van der Waals surface area contributed by atoms with Crippen LogP contribution in [0.25, 0.3) is 10.9 Å². The number of ether oxygens (including phenoxy) is 1. The predicted molar refractivity (Wildman–Crippen MR) is 136 cm³/mol. The summed E-state index contributed by atoms with van der Waals surface area (Å²) in [6.45, 7) is 3.85. The van der Waals surface area contributed by atoms with E-state index >= 15 is 0 Å². The van der Waals surface area contributed by atoms with E-state index in [-0.39, 0.29) is 36.4 Å². The second-order valence-electron chi connectivity index (χ2n) is 9.78. The highest BCUT2D eigenvalue weighted by Crippen LogP contribution is 2.29. The number of aromatic amines is 1. The summed E-state index contributed by atoms with van der Waals surface area (Å²) >= 11 is 1.42. The molecule has 3 atom stereocenters. The quantitative estimate of drug-likeness (QED) is 0.401. The Bertz CT molecular complexity index is 1320. The lowest BCUT2D eigenvalue weighted by Crippen LogP contribution is -2.48. The minimum Gasteiger partial charge on any atom is -0.449 e. The van der Waals surface area contributed by atoms with Crippen LogP contribution in [-0.2, 0) is 17.7 Å². The van der Waals surface area contributed by atoms with E-state index in [2.05, 4.69) is 32.5 Å². The average molecular weight is 511 g/mol. The van der Waals surface area contributed by atoms with Crippen LogP contribution in [0.2, 0.25) is 0 Å². The number of nitrogens with one attached hydrogen (secondary N) is 3. The van der Waals surface area contributed by atoms with E-state index in [4.69, 9.17) is 10.5 Å². The van der Waals surface area contributed by atoms with Crippen LogP contribution in [0.4, 0.5) is 4.79 Å². The smallest absolute Gasteiger partial charge is 0.404 e. The molecule has 36 heavy (non-hydrogen) atoms. The van der Waals surface area contributed by atoms with E-state index in [1.165, 1.54) is 11.3 Å². The number of nitrogens with zero attached hydrogens (tertiary/aromatic N) is 2. The van der Waals surface area contributed by atoms with Crippen molar-refractivity contribution in [1.29, 1.82) is 0 Å². The second kappa shape index (κ2) is 9.90. The Balaban J connectivity index is 1.30. The molecule has 1 saturated carbocycles. The number of aryl methyl sites for hydroxylation is 1. The number of amides is 3. The van der Waals surface area contributed by atoms with Gasteiger partial charge in [0, 0.05) is 47.4 Å². The van der Waals surface area contributed by atoms with Gasteiger partial charge in [0.05, 0.1) is 12.3 Å². The summed E-state index contributed by atoms with van der Waals surface area (Å²) in [6, 6.07) is 7.10. The van der Waals surface area contributed by atoms with Gasteiger partial charge in [0.2, 0.25) is 0 Å². The number of fused-ring (bicyclic) bond motifs is 2. The molecule has 0 spiro atoms. The summed E-state index contributed by atoms with van der Waals surface area (Å²) in [5, 5.41) is 7.54. The zero-order chi connectivity index (χ0) is 25.4. The van der Waals surface area contributed by atoms with Gasteiger partial charge in [0.25, 0.3) is 11.8 Å². The second-order valence-corrected chi connectivity index (χ2v) is 10.9. The van der Waals surface area contributed by atoms with Gasteiger partial charge >= 0.3 is 6.09 Å². The van der Waals surface area contributed by atoms with Crippen LogP contribution < -0.4 is 16.4 Å². The summed E-state index contributed by atoms with van der Waals surface area (Å²) < 4.78 is 5.01. The maximum Gasteiger partial charge on any atom is 0.404 e. The maximum absolute atomic E-state index is 13.1. The van der Waals surface area contributed by atoms with E-state index in [1.54, 1.807) is 0 Å². The lowest BCUT2D eigenvalue weighted by Gasteiger charge is -2.21. The van der Waals surface area contributed by atoms with Crippen LogP contribution in [0, 0.1) is 12.8 Å². The van der Waals surface area contributed by atoms with Crippen LogP contribution in [-0.4, -0.2) is 65.1 Å². The van der Waals surface area contributed by atoms with Crippen LogP contribution in [0.3, 0.4) is 0 Å². The summed E-state index contributed by atoms with van der Waals surface area (Å²) in [5.74, 6) is -0.548. The van der Waals surface area contributed by atoms with Crippen LogP contribution in [0.5, 0.6) is 0 Å². The third-order valence-corrected chi connectivity index (χ3v) is 7.97. The Hall–Kier alpha value is -3.44. The number of carbonyl (C=O) groups excluding carboxylic acids is 3. The molecular weight excluding hydrogens is 480 g/mol. The van der Waals surface area contributed by atoms with Crippen LogP contribution in [0.15, 0.2) is 24.3 Å². The molecule has 3 heterocycles. The van der Waals surface area contributed by atoms with Crippen molar-refractivity contribution in [1.82, 2.24) is 25.5 Å². The number of benzene rings is 1. The van der Waals surface area contributed by atoms with Gasteiger partial charge in [0.1, 0.15) is 5.69 Å². The molecule has 2 aliphatic rings. The van der Waals surface area contributed by atoms with E-state index < -0.39 is 6.09 Å². The summed E-state index contributed by atoms with van der Waals surface area (Å²) in [7, 11) is 2.05. The van der Waals surface area contributed by atoms with Gasteiger partial charge in [0.15, 0.2) is 5.01 Å². The normalized spacial score (nSPS) is 21.8. The molecule has 1 unspecified atom stereocenters. The molecule has 2 aromatic heterocycles. The molecule has 1 aliphatic heterocycles. The molecule has 5 N–H and O–H groups in total. The van der Waals surface area contributed by atoms with Crippen molar-refractivity contribution in [3.8, 4) is 0 Å². The van der Waals surface area contributed by atoms with Crippen molar-refractivity contribution in [3.05, 3.63) is 51.1 Å². The molecule has 10 nitrogen and oxygen atoms in total. The number of primary amides is 1. The highest BCUT2D eigenvalue weighted by molar-refractivity contribution is 7.13. The van der Waals surface area contributed by atoms with Crippen molar-refractivity contribution in [2.45, 2.75) is 44.8 Å². The molecule has 190 valence electrons. The van der Waals surface area contributed by atoms with Crippen molar-refractivity contribution < 1.29 is 19.1 Å². The molecule has 0 radical (unpaired) electrons. The Morgan fingerprint density at radius 1 is 1.19 bits per heavy atom. The lowest BCUT2D eigenvalue weighted by molar-refractivity contribution is 0.0889. The Kier molecular flexibility index (Phi) is 6.67. The van der Waals surface area contributed by atoms with Gasteiger partial charge in [-0.05, 0) is 50.9 Å². The zero-order valence-electron chi connectivity index (χ0n) is 20.3. The summed E-state index contributed by atoms with van der Waals surface area (Å²) in [4.78, 5) is 48.4. The molecular formula is C25H30N6O4S. The first-order chi connectivity index (χ1) is 17.2. The predicted octanol–water partition coefficient (Wildman–Crippen LogP) is 2.32. The number of aromatic nitrogens is 2. The molecule has 1 fully saturated rings. The molecule has 11 heteroatoms. The maximum atomic E-state index is 13.1. The van der Waals surface area contributed by atoms with Gasteiger partial charge in [-0.3, -0.25) is 9.59 Å². The molecule has 0 saturated heterocycles. The fraction of sp³-hybridized carbons (Fsp3) is 0.440. The van der Waals surface area contributed by atoms with Gasteiger partial charge in [-0.25, -0.2) is 9.78 Å². The molecule has 3 amide bonds. The van der Waals surface area contributed by atoms with Crippen LogP contribution >= 0.6 is 11.3 Å². The Morgan fingerprint density at radius 3 is 2.69 bits per heavy atom. The SMILES string of the molecule is Cc1ccc2[nH]c(C(=O)N[C@@H]3CC(COC(N)=O)C[C@H]3NC(=O)c3nc4c(s3)CN(C)CC4)cc2c1. The van der Waals surface area contributed by atoms with Crippen LogP contribution in [0.1, 0.15) is 49.3 Å². The fourth-order valence-electron chi connectivity index (χ4n) is 5.07. The first kappa shape index (κ1) is 24.3. The molecule has 0 bridgehead atoms. The number of hydrogen-bond acceptors (Lipinski definition) is 7. The first-order valence-corrected chi connectivity index (χ1v) is 12.9. The topological polar surface area (TPSA) is 142 Å². The zero-order valence-corrected chi connectivity index (χ0v) is 21.1. The van der Waals surface area contributed by atoms with E-state index in [0.29, 0.717) is 23.5 Å². The third-order valence-electron chi connectivity index (χ3n) is 6.89. The molecule has 1 aromatic carbocycles. The minimum atomic E-state index is -0.838. The number of thiazole rings is 1. The van der Waals surface area contributed by atoms with Gasteiger partial charge in [-0.15, -0.1) is 11.3 Å². The summed E-state index contributed by atoms with van der Waals surface area (Å²) in [5.41, 5.74) is 8.58. The monoisotopic (exact) mass is 510 g/mol. The van der Waals surface area contributed by atoms with Gasteiger partial charge in [-0.1, -0.05) is 11.6 Å². The number of hydrogen-bond donors (Lipinski definition) is 4.